The molecule has 34 heavy (non-hydrogen) atoms. The first kappa shape index (κ1) is 22.5. The summed E-state index contributed by atoms with van der Waals surface area (Å²) < 4.78 is 12.5. The van der Waals surface area contributed by atoms with Gasteiger partial charge in [0.25, 0.3) is 5.91 Å². The number of carbonyl (C=O) groups is 3. The van der Waals surface area contributed by atoms with Gasteiger partial charge >= 0.3 is 0 Å². The first-order chi connectivity index (χ1) is 16.5. The number of rotatable bonds is 7. The zero-order valence-electron chi connectivity index (χ0n) is 18.9. The van der Waals surface area contributed by atoms with E-state index in [4.69, 9.17) is 14.5 Å². The fourth-order valence-corrected chi connectivity index (χ4v) is 5.33. The molecule has 0 spiro atoms. The summed E-state index contributed by atoms with van der Waals surface area (Å²) in [6.07, 6.45) is 2.13. The molecule has 1 unspecified atom stereocenters. The first-order valence-corrected chi connectivity index (χ1v) is 12.3. The summed E-state index contributed by atoms with van der Waals surface area (Å²) in [5.41, 5.74) is 1.52. The number of carbonyl (C=O) groups excluding carboxylic acids is 3. The minimum Gasteiger partial charge on any atom is -0.492 e. The summed E-state index contributed by atoms with van der Waals surface area (Å²) in [4.78, 5) is 45.8. The summed E-state index contributed by atoms with van der Waals surface area (Å²) >= 11 is 1.42. The van der Waals surface area contributed by atoms with Crippen LogP contribution in [0.4, 0.5) is 10.8 Å². The van der Waals surface area contributed by atoms with Gasteiger partial charge in [-0.3, -0.25) is 24.2 Å². The highest BCUT2D eigenvalue weighted by atomic mass is 32.1. The van der Waals surface area contributed by atoms with E-state index in [1.54, 1.807) is 29.2 Å². The quantitative estimate of drug-likeness (QED) is 0.473. The number of ether oxygens (including phenoxy) is 2. The number of hydrogen-bond donors (Lipinski definition) is 0. The molecule has 3 aromatic rings. The molecule has 176 valence electrons. The van der Waals surface area contributed by atoms with Crippen molar-refractivity contribution in [2.45, 2.75) is 38.7 Å². The molecular formula is C25H25N3O5S. The Balaban J connectivity index is 1.51. The van der Waals surface area contributed by atoms with E-state index in [-0.39, 0.29) is 36.7 Å². The highest BCUT2D eigenvalue weighted by molar-refractivity contribution is 7.22. The molecule has 8 nitrogen and oxygen atoms in total. The van der Waals surface area contributed by atoms with Crippen LogP contribution in [0.1, 0.15) is 43.0 Å². The summed E-state index contributed by atoms with van der Waals surface area (Å²) in [5.74, 6) is -0.0746. The summed E-state index contributed by atoms with van der Waals surface area (Å²) in [5, 5.41) is 0.557. The van der Waals surface area contributed by atoms with Gasteiger partial charge in [0.15, 0.2) is 5.13 Å². The van der Waals surface area contributed by atoms with Gasteiger partial charge in [0.1, 0.15) is 11.3 Å². The fraction of sp³-hybridized carbons (Fsp3) is 0.360. The van der Waals surface area contributed by atoms with E-state index in [1.165, 1.54) is 11.3 Å². The summed E-state index contributed by atoms with van der Waals surface area (Å²) in [7, 11) is 0. The second-order valence-electron chi connectivity index (χ2n) is 8.26. The number of para-hydroxylation sites is 1. The normalized spacial score (nSPS) is 18.1. The van der Waals surface area contributed by atoms with Crippen molar-refractivity contribution in [1.29, 1.82) is 0 Å². The maximum absolute atomic E-state index is 13.8. The van der Waals surface area contributed by atoms with Crippen LogP contribution >= 0.6 is 11.3 Å². The van der Waals surface area contributed by atoms with Crippen molar-refractivity contribution >= 4 is 50.1 Å². The van der Waals surface area contributed by atoms with Crippen LogP contribution in [0.15, 0.2) is 42.5 Å². The molecule has 3 amide bonds. The third-order valence-corrected chi connectivity index (χ3v) is 7.00. The zero-order valence-corrected chi connectivity index (χ0v) is 19.7. The van der Waals surface area contributed by atoms with Crippen LogP contribution in [0.2, 0.25) is 0 Å². The monoisotopic (exact) mass is 479 g/mol. The van der Waals surface area contributed by atoms with E-state index < -0.39 is 0 Å². The number of anilines is 2. The van der Waals surface area contributed by atoms with Crippen LogP contribution in [0.5, 0.6) is 5.75 Å². The van der Waals surface area contributed by atoms with Crippen molar-refractivity contribution in [1.82, 2.24) is 4.98 Å². The number of fused-ring (bicyclic) bond motifs is 1. The summed E-state index contributed by atoms with van der Waals surface area (Å²) in [6.45, 7) is 3.48. The smallest absolute Gasteiger partial charge is 0.260 e. The predicted molar refractivity (Wildman–Crippen MR) is 130 cm³/mol. The van der Waals surface area contributed by atoms with Crippen LogP contribution in [-0.2, 0) is 14.3 Å². The molecule has 3 heterocycles. The van der Waals surface area contributed by atoms with E-state index in [0.717, 1.165) is 28.0 Å². The second-order valence-corrected chi connectivity index (χ2v) is 9.27. The molecule has 1 atom stereocenters. The number of imide groups is 1. The van der Waals surface area contributed by atoms with Gasteiger partial charge in [-0.05, 0) is 50.1 Å². The van der Waals surface area contributed by atoms with Crippen LogP contribution in [0.3, 0.4) is 0 Å². The first-order valence-electron chi connectivity index (χ1n) is 11.5. The van der Waals surface area contributed by atoms with Gasteiger partial charge in [0, 0.05) is 25.0 Å². The topological polar surface area (TPSA) is 89.0 Å². The average molecular weight is 480 g/mol. The SMILES string of the molecule is CCOc1cccc2sc(N(CC3CCCO3)C(=O)c3cccc(N4C(=O)CCC4=O)c3)nc12. The molecule has 0 radical (unpaired) electrons. The Morgan fingerprint density at radius 3 is 2.74 bits per heavy atom. The number of hydrogen-bond acceptors (Lipinski definition) is 7. The van der Waals surface area contributed by atoms with Gasteiger partial charge in [-0.25, -0.2) is 4.98 Å². The molecule has 0 N–H and O–H groups in total. The van der Waals surface area contributed by atoms with Gasteiger partial charge in [-0.1, -0.05) is 23.5 Å². The Morgan fingerprint density at radius 2 is 2.00 bits per heavy atom. The summed E-state index contributed by atoms with van der Waals surface area (Å²) in [6, 6.07) is 12.4. The highest BCUT2D eigenvalue weighted by Crippen LogP contribution is 2.35. The standard InChI is InChI=1S/C25H25N3O5S/c1-2-32-19-9-4-10-20-23(19)26-25(34-20)27(15-18-8-5-13-33-18)24(31)16-6-3-7-17(14-16)28-21(29)11-12-22(28)30/h3-4,6-7,9-10,14,18H,2,5,8,11-13,15H2,1H3. The van der Waals surface area contributed by atoms with Crippen molar-refractivity contribution in [3.05, 3.63) is 48.0 Å². The maximum atomic E-state index is 13.8. The lowest BCUT2D eigenvalue weighted by atomic mass is 10.1. The van der Waals surface area contributed by atoms with E-state index in [2.05, 4.69) is 0 Å². The average Bonchev–Trinajstić information content (AvgIpc) is 3.58. The van der Waals surface area contributed by atoms with Crippen molar-refractivity contribution in [3.63, 3.8) is 0 Å². The highest BCUT2D eigenvalue weighted by Gasteiger charge is 2.32. The Labute approximate surface area is 201 Å². The van der Waals surface area contributed by atoms with E-state index in [1.807, 2.05) is 25.1 Å². The lowest BCUT2D eigenvalue weighted by molar-refractivity contribution is -0.121. The number of nitrogens with zero attached hydrogens (tertiary/aromatic N) is 3. The number of amides is 3. The molecule has 1 aromatic heterocycles. The molecule has 2 saturated heterocycles. The Hall–Kier alpha value is -3.30. The van der Waals surface area contributed by atoms with Gasteiger partial charge in [0.2, 0.25) is 11.8 Å². The van der Waals surface area contributed by atoms with E-state index >= 15 is 0 Å². The maximum Gasteiger partial charge on any atom is 0.260 e. The second kappa shape index (κ2) is 9.52. The van der Waals surface area contributed by atoms with Crippen LogP contribution < -0.4 is 14.5 Å². The van der Waals surface area contributed by atoms with Crippen molar-refractivity contribution in [2.75, 3.05) is 29.6 Å². The Kier molecular flexibility index (Phi) is 6.30. The molecule has 2 aliphatic rings. The van der Waals surface area contributed by atoms with Crippen LogP contribution in [-0.4, -0.2) is 48.6 Å². The number of benzene rings is 2. The zero-order chi connectivity index (χ0) is 23.7. The van der Waals surface area contributed by atoms with Gasteiger partial charge in [-0.2, -0.15) is 0 Å². The van der Waals surface area contributed by atoms with Crippen molar-refractivity contribution in [2.24, 2.45) is 0 Å². The van der Waals surface area contributed by atoms with Crippen LogP contribution in [0.25, 0.3) is 10.2 Å². The van der Waals surface area contributed by atoms with E-state index in [0.29, 0.717) is 41.9 Å². The molecular weight excluding hydrogens is 454 g/mol. The number of thiazole rings is 1. The molecule has 2 aliphatic heterocycles. The van der Waals surface area contributed by atoms with Crippen molar-refractivity contribution in [3.8, 4) is 5.75 Å². The molecule has 2 fully saturated rings. The lowest BCUT2D eigenvalue weighted by Gasteiger charge is -2.23. The largest absolute Gasteiger partial charge is 0.492 e. The van der Waals surface area contributed by atoms with Gasteiger partial charge in [-0.15, -0.1) is 0 Å². The van der Waals surface area contributed by atoms with Gasteiger partial charge < -0.3 is 9.47 Å². The van der Waals surface area contributed by atoms with Crippen molar-refractivity contribution < 1.29 is 23.9 Å². The third-order valence-electron chi connectivity index (χ3n) is 5.96. The molecule has 5 rings (SSSR count). The minimum absolute atomic E-state index is 0.0766. The molecule has 0 saturated carbocycles. The predicted octanol–water partition coefficient (Wildman–Crippen LogP) is 4.17. The minimum atomic E-state index is -0.256. The molecule has 0 bridgehead atoms. The molecule has 2 aromatic carbocycles. The van der Waals surface area contributed by atoms with E-state index in [9.17, 15) is 14.4 Å². The number of aromatic nitrogens is 1. The fourth-order valence-electron chi connectivity index (χ4n) is 4.34. The molecule has 9 heteroatoms. The Morgan fingerprint density at radius 1 is 1.21 bits per heavy atom. The third kappa shape index (κ3) is 4.28. The van der Waals surface area contributed by atoms with Gasteiger partial charge in [0.05, 0.1) is 29.6 Å². The van der Waals surface area contributed by atoms with Crippen LogP contribution in [0, 0.1) is 0 Å². The Bertz CT molecular complexity index is 1230. The lowest BCUT2D eigenvalue weighted by Crippen LogP contribution is -2.37. The molecule has 0 aliphatic carbocycles.